The Morgan fingerprint density at radius 2 is 0.952 bits per heavy atom. The summed E-state index contributed by atoms with van der Waals surface area (Å²) >= 11 is 0. The van der Waals surface area contributed by atoms with Gasteiger partial charge >= 0.3 is 12.1 Å². The lowest BCUT2D eigenvalue weighted by Gasteiger charge is -2.14. The number of rotatable bonds is 15. The van der Waals surface area contributed by atoms with E-state index < -0.39 is 6.03 Å². The Labute approximate surface area is 480 Å². The molecule has 0 unspecified atom stereocenters. The molecule has 4 heterocycles. The third-order valence-corrected chi connectivity index (χ3v) is 13.0. The Bertz CT molecular complexity index is 3940. The lowest BCUT2D eigenvalue weighted by atomic mass is 9.92. The van der Waals surface area contributed by atoms with Crippen molar-refractivity contribution in [3.8, 4) is 22.9 Å². The van der Waals surface area contributed by atoms with E-state index in [2.05, 4.69) is 88.1 Å². The van der Waals surface area contributed by atoms with Gasteiger partial charge in [0.05, 0.1) is 45.5 Å². The summed E-state index contributed by atoms with van der Waals surface area (Å²) in [4.78, 5) is 54.9. The van der Waals surface area contributed by atoms with Crippen molar-refractivity contribution >= 4 is 74.4 Å². The summed E-state index contributed by atoms with van der Waals surface area (Å²) in [7, 11) is 1.44. The number of hydrogen-bond acceptors (Lipinski definition) is 13. The topological polar surface area (TPSA) is 252 Å². The first-order valence-electron chi connectivity index (χ1n) is 26.8. The fourth-order valence-corrected chi connectivity index (χ4v) is 8.62. The molecule has 0 radical (unpaired) electrons. The molecule has 6 aromatic carbocycles. The number of urea groups is 2. The van der Waals surface area contributed by atoms with Gasteiger partial charge in [-0.2, -0.15) is 10.2 Å². The predicted octanol–water partition coefficient (Wildman–Crippen LogP) is 12.5. The molecular weight excluding hydrogens is 1050 g/mol. The maximum Gasteiger partial charge on any atom is 0.324 e. The van der Waals surface area contributed by atoms with Crippen LogP contribution in [0.25, 0.3) is 32.9 Å². The summed E-state index contributed by atoms with van der Waals surface area (Å²) in [6.45, 7) is 16.9. The highest BCUT2D eigenvalue weighted by Gasteiger charge is 2.24. The fraction of sp³-hybridized carbons (Fsp3) is 0.222. The molecular formula is C63H66N14O6. The quantitative estimate of drug-likeness (QED) is 0.0559. The van der Waals surface area contributed by atoms with E-state index in [0.29, 0.717) is 45.9 Å². The molecule has 0 fully saturated rings. The summed E-state index contributed by atoms with van der Waals surface area (Å²) in [6, 6.07) is 45.1. The molecule has 424 valence electrons. The normalized spacial score (nSPS) is 11.3. The molecule has 0 aliphatic heterocycles. The van der Waals surface area contributed by atoms with E-state index in [1.54, 1.807) is 46.0 Å². The van der Waals surface area contributed by atoms with E-state index in [-0.39, 0.29) is 54.5 Å². The first-order valence-corrected chi connectivity index (χ1v) is 26.8. The van der Waals surface area contributed by atoms with Crippen molar-refractivity contribution in [2.24, 2.45) is 0 Å². The number of methoxy groups -OCH3 is 1. The minimum absolute atomic E-state index is 0.0944. The number of nitrogens with zero attached hydrogens (tertiary/aromatic N) is 8. The number of fused-ring (bicyclic) bond motifs is 2. The number of carbonyl (C=O) groups is 3. The minimum atomic E-state index is -0.401. The zero-order valence-electron chi connectivity index (χ0n) is 47.7. The first-order chi connectivity index (χ1) is 39.8. The van der Waals surface area contributed by atoms with Crippen LogP contribution in [0.1, 0.15) is 75.4 Å². The summed E-state index contributed by atoms with van der Waals surface area (Å²) in [5, 5.41) is 27.4. The van der Waals surface area contributed by atoms with Crippen LogP contribution in [0.4, 0.5) is 44.5 Å². The Kier molecular flexibility index (Phi) is 17.4. The molecule has 0 saturated carbocycles. The van der Waals surface area contributed by atoms with E-state index in [1.807, 2.05) is 135 Å². The highest BCUT2D eigenvalue weighted by Crippen LogP contribution is 2.35. The lowest BCUT2D eigenvalue weighted by Crippen LogP contribution is -2.21. The number of ether oxygens (including phenoxy) is 3. The zero-order valence-corrected chi connectivity index (χ0v) is 47.7. The van der Waals surface area contributed by atoms with E-state index in [0.717, 1.165) is 55.4 Å². The van der Waals surface area contributed by atoms with Gasteiger partial charge in [0.2, 0.25) is 11.9 Å². The van der Waals surface area contributed by atoms with Crippen LogP contribution in [0.3, 0.4) is 0 Å². The van der Waals surface area contributed by atoms with Gasteiger partial charge in [-0.05, 0) is 74.5 Å². The lowest BCUT2D eigenvalue weighted by molar-refractivity contribution is -0.119. The van der Waals surface area contributed by atoms with Crippen molar-refractivity contribution in [1.29, 1.82) is 0 Å². The molecule has 7 N–H and O–H groups in total. The number of aryl methyl sites for hydroxylation is 2. The summed E-state index contributed by atoms with van der Waals surface area (Å²) < 4.78 is 20.5. The van der Waals surface area contributed by atoms with Crippen LogP contribution in [0.15, 0.2) is 158 Å². The van der Waals surface area contributed by atoms with Gasteiger partial charge in [-0.3, -0.25) is 20.7 Å². The van der Waals surface area contributed by atoms with Gasteiger partial charge in [-0.1, -0.05) is 125 Å². The number of aromatic nitrogens is 8. The monoisotopic (exact) mass is 1110 g/mol. The number of anilines is 6. The largest absolute Gasteiger partial charge is 0.487 e. The number of carbonyl (C=O) groups excluding carboxylic acids is 3. The van der Waals surface area contributed by atoms with Crippen molar-refractivity contribution in [2.75, 3.05) is 46.0 Å². The van der Waals surface area contributed by atoms with Gasteiger partial charge in [0.1, 0.15) is 43.0 Å². The Balaban J connectivity index is 0.000000201. The Hall–Kier alpha value is -10.2. The van der Waals surface area contributed by atoms with Crippen LogP contribution < -0.4 is 41.8 Å². The molecule has 10 rings (SSSR count). The molecule has 4 aromatic heterocycles. The Morgan fingerprint density at radius 1 is 0.518 bits per heavy atom. The molecule has 0 aliphatic carbocycles. The summed E-state index contributed by atoms with van der Waals surface area (Å²) in [5.74, 6) is 2.44. The van der Waals surface area contributed by atoms with Crippen LogP contribution in [0.2, 0.25) is 0 Å². The average molecular weight is 1120 g/mol. The molecule has 20 nitrogen and oxygen atoms in total. The minimum Gasteiger partial charge on any atom is -0.487 e. The van der Waals surface area contributed by atoms with Crippen molar-refractivity contribution in [3.63, 3.8) is 0 Å². The molecule has 0 atom stereocenters. The highest BCUT2D eigenvalue weighted by atomic mass is 16.5. The maximum absolute atomic E-state index is 13.3. The number of nitrogens with one attached hydrogen (secondary N) is 5. The van der Waals surface area contributed by atoms with E-state index >= 15 is 0 Å². The third kappa shape index (κ3) is 14.6. The van der Waals surface area contributed by atoms with Crippen molar-refractivity contribution in [2.45, 2.75) is 79.4 Å². The van der Waals surface area contributed by atoms with Crippen LogP contribution in [0.5, 0.6) is 11.5 Å². The van der Waals surface area contributed by atoms with Gasteiger partial charge in [0.25, 0.3) is 5.91 Å². The van der Waals surface area contributed by atoms with Crippen molar-refractivity contribution in [3.05, 3.63) is 192 Å². The van der Waals surface area contributed by atoms with E-state index in [9.17, 15) is 14.4 Å². The summed E-state index contributed by atoms with van der Waals surface area (Å²) in [5.41, 5.74) is 13.5. The number of nitrogen functional groups attached to an aromatic ring is 1. The number of amides is 5. The SMILES string of the molecule is COCC(=O)Nc1nccc(COc2ccc(NC(=O)Nc3cc(C(C)(C)C)nn3-c3ccc(C)cc3)c3ccccc23)n1.Cc1ccc(-n2nc(C(C)(C)C)cc2NC(=O)Nc2ccc(OCc3ccnc(N)n3)c3ccccc23)cc1. The maximum atomic E-state index is 13.3. The third-order valence-electron chi connectivity index (χ3n) is 13.0. The average Bonchev–Trinajstić information content (AvgIpc) is 4.35. The predicted molar refractivity (Wildman–Crippen MR) is 325 cm³/mol. The molecule has 20 heteroatoms. The van der Waals surface area contributed by atoms with Crippen LogP contribution in [-0.2, 0) is 33.6 Å². The smallest absolute Gasteiger partial charge is 0.324 e. The zero-order chi connectivity index (χ0) is 58.8. The number of hydrogen-bond donors (Lipinski definition) is 6. The second-order valence-electron chi connectivity index (χ2n) is 21.6. The first kappa shape index (κ1) is 57.5. The van der Waals surface area contributed by atoms with Crippen molar-refractivity contribution < 1.29 is 28.6 Å². The fourth-order valence-electron chi connectivity index (χ4n) is 8.62. The van der Waals surface area contributed by atoms with Crippen LogP contribution in [-0.4, -0.2) is 71.2 Å². The van der Waals surface area contributed by atoms with Gasteiger partial charge in [-0.25, -0.2) is 38.9 Å². The van der Waals surface area contributed by atoms with Gasteiger partial charge in [-0.15, -0.1) is 0 Å². The molecule has 0 bridgehead atoms. The van der Waals surface area contributed by atoms with E-state index in [1.165, 1.54) is 7.11 Å². The standard InChI is InChI=1S/C33H35N7O4.C30H31N7O2/c1-21-10-12-23(13-11-21)40-29(18-28(39-40)33(2,3)4)37-32(42)36-26-14-15-27(25-9-7-6-8-24(25)26)44-19-22-16-17-34-31(35-22)38-30(41)20-43-5;1-19-9-11-21(12-10-19)37-27(17-26(36-37)30(2,3)4)35-29(38)34-24-13-14-25(23-8-6-5-7-22(23)24)39-18-20-15-16-32-28(31)33-20/h6-18H,19-20H2,1-5H3,(H2,36,37,42)(H,34,35,38,41);5-17H,18H2,1-4H3,(H2,31,32,33)(H2,34,35,38). The second-order valence-corrected chi connectivity index (χ2v) is 21.6. The highest BCUT2D eigenvalue weighted by molar-refractivity contribution is 6.08. The van der Waals surface area contributed by atoms with Crippen molar-refractivity contribution in [1.82, 2.24) is 39.5 Å². The summed E-state index contributed by atoms with van der Waals surface area (Å²) in [6.07, 6.45) is 3.15. The van der Waals surface area contributed by atoms with Gasteiger partial charge < -0.3 is 30.6 Å². The van der Waals surface area contributed by atoms with E-state index in [4.69, 9.17) is 30.1 Å². The van der Waals surface area contributed by atoms with Crippen LogP contribution >= 0.6 is 0 Å². The van der Waals surface area contributed by atoms with Gasteiger partial charge in [0.15, 0.2) is 0 Å². The molecule has 0 spiro atoms. The molecule has 10 aromatic rings. The Morgan fingerprint density at radius 3 is 1.39 bits per heavy atom. The van der Waals surface area contributed by atoms with Crippen LogP contribution in [0, 0.1) is 13.8 Å². The number of nitrogens with two attached hydrogens (primary N) is 1. The molecule has 83 heavy (non-hydrogen) atoms. The molecule has 0 aliphatic rings. The molecule has 0 saturated heterocycles. The second kappa shape index (κ2) is 25.1. The number of benzene rings is 6. The molecule has 5 amide bonds. The van der Waals surface area contributed by atoms with Gasteiger partial charge in [0, 0.05) is 64.0 Å².